The van der Waals surface area contributed by atoms with Crippen molar-refractivity contribution in [2.45, 2.75) is 45.4 Å². The molecule has 2 rings (SSSR count). The molecule has 5 nitrogen and oxygen atoms in total. The highest BCUT2D eigenvalue weighted by molar-refractivity contribution is 5.95. The number of nitrogens with one attached hydrogen (secondary N) is 3. The Hall–Kier alpha value is -1.73. The Bertz CT molecular complexity index is 494. The smallest absolute Gasteiger partial charge is 0.387 e. The number of hydrogen-bond acceptors (Lipinski definition) is 4. The molecule has 3 N–H and O–H groups in total. The van der Waals surface area contributed by atoms with Crippen LogP contribution in [0.15, 0.2) is 24.3 Å². The molecule has 122 valence electrons. The second-order valence-corrected chi connectivity index (χ2v) is 5.80. The van der Waals surface area contributed by atoms with Crippen LogP contribution in [0, 0.1) is 5.92 Å². The summed E-state index contributed by atoms with van der Waals surface area (Å²) in [6.07, 6.45) is 1.72. The Morgan fingerprint density at radius 1 is 1.32 bits per heavy atom. The van der Waals surface area contributed by atoms with E-state index in [-0.39, 0.29) is 23.7 Å². The van der Waals surface area contributed by atoms with E-state index in [4.69, 9.17) is 0 Å². The van der Waals surface area contributed by atoms with Gasteiger partial charge in [-0.15, -0.1) is 0 Å². The van der Waals surface area contributed by atoms with E-state index >= 15 is 0 Å². The normalized spacial score (nSPS) is 21.4. The topological polar surface area (TPSA) is 62.4 Å². The quantitative estimate of drug-likeness (QED) is 0.755. The van der Waals surface area contributed by atoms with Crippen molar-refractivity contribution in [3.05, 3.63) is 24.3 Å². The maximum Gasteiger partial charge on any atom is 0.387 e. The van der Waals surface area contributed by atoms with Crippen LogP contribution in [0.5, 0.6) is 5.75 Å². The number of halogens is 2. The lowest BCUT2D eigenvalue weighted by molar-refractivity contribution is -0.117. The number of amides is 1. The molecule has 0 spiro atoms. The van der Waals surface area contributed by atoms with Crippen molar-refractivity contribution < 1.29 is 18.3 Å². The van der Waals surface area contributed by atoms with E-state index in [2.05, 4.69) is 34.8 Å². The summed E-state index contributed by atoms with van der Waals surface area (Å²) in [4.78, 5) is 12.1. The summed E-state index contributed by atoms with van der Waals surface area (Å²) in [7, 11) is 0. The predicted octanol–water partition coefficient (Wildman–Crippen LogP) is 2.51. The second kappa shape index (κ2) is 7.51. The van der Waals surface area contributed by atoms with Gasteiger partial charge in [-0.3, -0.25) is 10.2 Å². The monoisotopic (exact) mass is 313 g/mol. The predicted molar refractivity (Wildman–Crippen MR) is 79.6 cm³/mol. The van der Waals surface area contributed by atoms with Gasteiger partial charge in [-0.05, 0) is 43.0 Å². The van der Waals surface area contributed by atoms with Crippen molar-refractivity contribution in [2.24, 2.45) is 5.92 Å². The minimum absolute atomic E-state index is 0.0608. The number of hydrazine groups is 1. The average Bonchev–Trinajstić information content (AvgIpc) is 2.88. The molecule has 1 aromatic carbocycles. The lowest BCUT2D eigenvalue weighted by Crippen LogP contribution is -2.40. The van der Waals surface area contributed by atoms with Gasteiger partial charge in [0, 0.05) is 11.7 Å². The van der Waals surface area contributed by atoms with Crippen LogP contribution in [0.1, 0.15) is 26.7 Å². The highest BCUT2D eigenvalue weighted by Crippen LogP contribution is 2.19. The molecule has 1 aromatic rings. The summed E-state index contributed by atoms with van der Waals surface area (Å²) in [6.45, 7) is 1.42. The van der Waals surface area contributed by atoms with Gasteiger partial charge >= 0.3 is 6.61 Å². The molecule has 1 aliphatic rings. The lowest BCUT2D eigenvalue weighted by Gasteiger charge is -2.12. The zero-order chi connectivity index (χ0) is 16.1. The van der Waals surface area contributed by atoms with Crippen molar-refractivity contribution in [3.8, 4) is 5.75 Å². The molecule has 0 aromatic heterocycles. The zero-order valence-corrected chi connectivity index (χ0v) is 12.6. The van der Waals surface area contributed by atoms with Crippen LogP contribution < -0.4 is 20.9 Å². The molecular formula is C15H21F2N3O2. The van der Waals surface area contributed by atoms with Crippen molar-refractivity contribution in [2.75, 3.05) is 5.32 Å². The van der Waals surface area contributed by atoms with Crippen LogP contribution in [0.25, 0.3) is 0 Å². The van der Waals surface area contributed by atoms with Crippen LogP contribution in [-0.2, 0) is 4.79 Å². The van der Waals surface area contributed by atoms with Crippen molar-refractivity contribution in [1.82, 2.24) is 10.9 Å². The molecule has 1 heterocycles. The molecule has 1 amide bonds. The molecule has 1 aliphatic heterocycles. The highest BCUT2D eigenvalue weighted by atomic mass is 19.3. The van der Waals surface area contributed by atoms with Gasteiger partial charge in [-0.2, -0.15) is 8.78 Å². The molecule has 0 bridgehead atoms. The first-order valence-corrected chi connectivity index (χ1v) is 7.31. The first kappa shape index (κ1) is 16.6. The standard InChI is InChI=1S/C15H21F2N3O2/c1-9(2)7-11-8-13(20-19-11)14(21)18-10-3-5-12(6-4-10)22-15(16)17/h3-6,9,11,13,15,19-20H,7-8H2,1-2H3,(H,18,21). The minimum Gasteiger partial charge on any atom is -0.435 e. The maximum absolute atomic E-state index is 12.1. The Kier molecular flexibility index (Phi) is 5.68. The maximum atomic E-state index is 12.1. The number of carbonyl (C=O) groups excluding carboxylic acids is 1. The molecule has 22 heavy (non-hydrogen) atoms. The molecule has 1 fully saturated rings. The lowest BCUT2D eigenvalue weighted by atomic mass is 10.00. The third-order valence-corrected chi connectivity index (χ3v) is 3.40. The Morgan fingerprint density at radius 2 is 2.00 bits per heavy atom. The van der Waals surface area contributed by atoms with Crippen LogP contribution in [-0.4, -0.2) is 24.6 Å². The average molecular weight is 313 g/mol. The minimum atomic E-state index is -2.85. The van der Waals surface area contributed by atoms with E-state index in [0.717, 1.165) is 12.8 Å². The van der Waals surface area contributed by atoms with Gasteiger partial charge in [0.2, 0.25) is 5.91 Å². The molecular weight excluding hydrogens is 292 g/mol. The Labute approximate surface area is 128 Å². The van der Waals surface area contributed by atoms with Gasteiger partial charge in [0.05, 0.1) is 0 Å². The van der Waals surface area contributed by atoms with E-state index in [9.17, 15) is 13.6 Å². The number of anilines is 1. The number of ether oxygens (including phenoxy) is 1. The summed E-state index contributed by atoms with van der Waals surface area (Å²) < 4.78 is 28.4. The van der Waals surface area contributed by atoms with Crippen LogP contribution in [0.4, 0.5) is 14.5 Å². The van der Waals surface area contributed by atoms with E-state index in [1.54, 1.807) is 0 Å². The molecule has 0 saturated carbocycles. The van der Waals surface area contributed by atoms with Crippen molar-refractivity contribution in [1.29, 1.82) is 0 Å². The van der Waals surface area contributed by atoms with Gasteiger partial charge in [-0.1, -0.05) is 13.8 Å². The molecule has 0 aliphatic carbocycles. The number of rotatable bonds is 6. The van der Waals surface area contributed by atoms with Crippen molar-refractivity contribution in [3.63, 3.8) is 0 Å². The summed E-state index contributed by atoms with van der Waals surface area (Å²) in [5.74, 6) is 0.468. The summed E-state index contributed by atoms with van der Waals surface area (Å²) >= 11 is 0. The van der Waals surface area contributed by atoms with Crippen LogP contribution in [0.2, 0.25) is 0 Å². The van der Waals surface area contributed by atoms with Gasteiger partial charge in [0.1, 0.15) is 11.8 Å². The number of hydrogen-bond donors (Lipinski definition) is 3. The Balaban J connectivity index is 1.84. The van der Waals surface area contributed by atoms with E-state index in [0.29, 0.717) is 11.6 Å². The molecule has 2 unspecified atom stereocenters. The fourth-order valence-corrected chi connectivity index (χ4v) is 2.47. The zero-order valence-electron chi connectivity index (χ0n) is 12.6. The fourth-order valence-electron chi connectivity index (χ4n) is 2.47. The summed E-state index contributed by atoms with van der Waals surface area (Å²) in [5.41, 5.74) is 6.65. The third kappa shape index (κ3) is 4.92. The Morgan fingerprint density at radius 3 is 2.59 bits per heavy atom. The largest absolute Gasteiger partial charge is 0.435 e. The van der Waals surface area contributed by atoms with E-state index < -0.39 is 6.61 Å². The SMILES string of the molecule is CC(C)CC1CC(C(=O)Nc2ccc(OC(F)F)cc2)NN1. The summed E-state index contributed by atoms with van der Waals surface area (Å²) in [5, 5.41) is 2.75. The third-order valence-electron chi connectivity index (χ3n) is 3.40. The highest BCUT2D eigenvalue weighted by Gasteiger charge is 2.29. The van der Waals surface area contributed by atoms with E-state index in [1.807, 2.05) is 0 Å². The summed E-state index contributed by atoms with van der Waals surface area (Å²) in [6, 6.07) is 5.82. The molecule has 1 saturated heterocycles. The number of carbonyl (C=O) groups is 1. The van der Waals surface area contributed by atoms with E-state index in [1.165, 1.54) is 24.3 Å². The van der Waals surface area contributed by atoms with Gasteiger partial charge in [0.25, 0.3) is 0 Å². The molecule has 7 heteroatoms. The second-order valence-electron chi connectivity index (χ2n) is 5.80. The molecule has 0 radical (unpaired) electrons. The van der Waals surface area contributed by atoms with Gasteiger partial charge < -0.3 is 10.1 Å². The fraction of sp³-hybridized carbons (Fsp3) is 0.533. The van der Waals surface area contributed by atoms with Crippen LogP contribution >= 0.6 is 0 Å². The van der Waals surface area contributed by atoms with Gasteiger partial charge in [-0.25, -0.2) is 5.43 Å². The van der Waals surface area contributed by atoms with Gasteiger partial charge in [0.15, 0.2) is 0 Å². The first-order chi connectivity index (χ1) is 10.4. The van der Waals surface area contributed by atoms with Crippen LogP contribution in [0.3, 0.4) is 0 Å². The first-order valence-electron chi connectivity index (χ1n) is 7.31. The number of benzene rings is 1. The number of alkyl halides is 2. The van der Waals surface area contributed by atoms with Crippen molar-refractivity contribution >= 4 is 11.6 Å². The molecule has 2 atom stereocenters.